The van der Waals surface area contributed by atoms with E-state index in [1.807, 2.05) is 37.3 Å². The maximum absolute atomic E-state index is 12.2. The lowest BCUT2D eigenvalue weighted by molar-refractivity contribution is 0.217. The van der Waals surface area contributed by atoms with Gasteiger partial charge in [-0.05, 0) is 19.1 Å². The molecule has 114 valence electrons. The molecule has 0 aliphatic rings. The van der Waals surface area contributed by atoms with Crippen molar-refractivity contribution in [3.63, 3.8) is 0 Å². The van der Waals surface area contributed by atoms with Crippen LogP contribution in [0.15, 0.2) is 47.1 Å². The molecule has 3 aromatic rings. The third-order valence-corrected chi connectivity index (χ3v) is 3.42. The van der Waals surface area contributed by atoms with Crippen LogP contribution < -0.4 is 5.32 Å². The summed E-state index contributed by atoms with van der Waals surface area (Å²) in [5, 5.41) is 7.97. The number of fused-ring (bicyclic) bond motifs is 1. The lowest BCUT2D eigenvalue weighted by atomic mass is 10.2. The molecule has 1 aromatic carbocycles. The van der Waals surface area contributed by atoms with E-state index in [0.717, 1.165) is 23.3 Å². The summed E-state index contributed by atoms with van der Waals surface area (Å²) in [6.07, 6.45) is 3.43. The average molecular weight is 298 g/mol. The molecular weight excluding hydrogens is 280 g/mol. The Kier molecular flexibility index (Phi) is 3.82. The third-order valence-electron chi connectivity index (χ3n) is 3.42. The van der Waals surface area contributed by atoms with Crippen LogP contribution in [-0.4, -0.2) is 27.8 Å². The number of aromatic nitrogens is 2. The van der Waals surface area contributed by atoms with Crippen LogP contribution in [-0.2, 0) is 13.1 Å². The van der Waals surface area contributed by atoms with E-state index in [2.05, 4.69) is 10.4 Å². The number of hydrogen-bond donors (Lipinski definition) is 1. The molecule has 1 N–H and O–H groups in total. The lowest BCUT2D eigenvalue weighted by Gasteiger charge is -2.15. The van der Waals surface area contributed by atoms with Crippen LogP contribution in [0, 0.1) is 0 Å². The van der Waals surface area contributed by atoms with Crippen molar-refractivity contribution in [1.82, 2.24) is 14.7 Å². The van der Waals surface area contributed by atoms with E-state index in [1.54, 1.807) is 29.0 Å². The number of aryl methyl sites for hydroxylation is 1. The van der Waals surface area contributed by atoms with Gasteiger partial charge in [-0.1, -0.05) is 18.2 Å². The van der Waals surface area contributed by atoms with Crippen molar-refractivity contribution in [3.8, 4) is 0 Å². The fraction of sp³-hybridized carbons (Fsp3) is 0.250. The molecule has 0 radical (unpaired) electrons. The monoisotopic (exact) mass is 298 g/mol. The Hall–Kier alpha value is -2.76. The predicted octanol–water partition coefficient (Wildman–Crippen LogP) is 3.31. The van der Waals surface area contributed by atoms with Gasteiger partial charge in [-0.3, -0.25) is 4.68 Å². The van der Waals surface area contributed by atoms with Crippen LogP contribution in [0.4, 0.5) is 10.5 Å². The second-order valence-corrected chi connectivity index (χ2v) is 5.12. The molecule has 2 aromatic heterocycles. The number of anilines is 1. The lowest BCUT2D eigenvalue weighted by Crippen LogP contribution is -2.30. The number of benzene rings is 1. The molecule has 0 spiro atoms. The zero-order valence-corrected chi connectivity index (χ0v) is 12.6. The molecule has 0 aliphatic carbocycles. The number of carbonyl (C=O) groups excluding carboxylic acids is 1. The summed E-state index contributed by atoms with van der Waals surface area (Å²) >= 11 is 0. The number of para-hydroxylation sites is 1. The molecule has 22 heavy (non-hydrogen) atoms. The minimum Gasteiger partial charge on any atom is -0.459 e. The van der Waals surface area contributed by atoms with Gasteiger partial charge < -0.3 is 14.6 Å². The summed E-state index contributed by atoms with van der Waals surface area (Å²) in [4.78, 5) is 13.7. The highest BCUT2D eigenvalue weighted by atomic mass is 16.3. The molecule has 0 bridgehead atoms. The maximum Gasteiger partial charge on any atom is 0.322 e. The Labute approximate surface area is 128 Å². The fourth-order valence-electron chi connectivity index (χ4n) is 2.24. The minimum absolute atomic E-state index is 0.198. The summed E-state index contributed by atoms with van der Waals surface area (Å²) < 4.78 is 7.48. The second-order valence-electron chi connectivity index (χ2n) is 5.12. The molecule has 2 heterocycles. The molecule has 0 unspecified atom stereocenters. The second kappa shape index (κ2) is 5.93. The van der Waals surface area contributed by atoms with Crippen LogP contribution in [0.25, 0.3) is 11.0 Å². The van der Waals surface area contributed by atoms with Crippen LogP contribution in [0.2, 0.25) is 0 Å². The van der Waals surface area contributed by atoms with Gasteiger partial charge in [-0.2, -0.15) is 5.10 Å². The number of rotatable bonds is 4. The molecular formula is C16H18N4O2. The topological polar surface area (TPSA) is 63.3 Å². The summed E-state index contributed by atoms with van der Waals surface area (Å²) in [7, 11) is 1.73. The van der Waals surface area contributed by atoms with Crippen molar-refractivity contribution in [1.29, 1.82) is 0 Å². The number of furan rings is 1. The number of nitrogens with zero attached hydrogens (tertiary/aromatic N) is 3. The van der Waals surface area contributed by atoms with Gasteiger partial charge in [-0.25, -0.2) is 4.79 Å². The quantitative estimate of drug-likeness (QED) is 0.803. The normalized spacial score (nSPS) is 10.8. The van der Waals surface area contributed by atoms with Crippen molar-refractivity contribution in [2.45, 2.75) is 20.0 Å². The Balaban J connectivity index is 1.65. The summed E-state index contributed by atoms with van der Waals surface area (Å²) in [6.45, 7) is 3.17. The highest BCUT2D eigenvalue weighted by Gasteiger charge is 2.13. The molecule has 0 saturated carbocycles. The van der Waals surface area contributed by atoms with E-state index >= 15 is 0 Å². The fourth-order valence-corrected chi connectivity index (χ4v) is 2.24. The Morgan fingerprint density at radius 2 is 2.23 bits per heavy atom. The Morgan fingerprint density at radius 3 is 2.95 bits per heavy atom. The number of nitrogens with one attached hydrogen (secondary N) is 1. The number of carbonyl (C=O) groups is 1. The van der Waals surface area contributed by atoms with E-state index in [4.69, 9.17) is 4.42 Å². The molecule has 2 amide bonds. The predicted molar refractivity (Wildman–Crippen MR) is 84.6 cm³/mol. The summed E-state index contributed by atoms with van der Waals surface area (Å²) in [5.41, 5.74) is 1.51. The SMILES string of the molecule is CCn1cc(NC(=O)N(C)Cc2cc3ccccc3o2)cn1. The summed E-state index contributed by atoms with van der Waals surface area (Å²) in [5.74, 6) is 0.753. The maximum atomic E-state index is 12.2. The van der Waals surface area contributed by atoms with Gasteiger partial charge in [0.2, 0.25) is 0 Å². The third kappa shape index (κ3) is 2.95. The van der Waals surface area contributed by atoms with Gasteiger partial charge in [0.05, 0.1) is 18.4 Å². The van der Waals surface area contributed by atoms with Crippen LogP contribution in [0.5, 0.6) is 0 Å². The van der Waals surface area contributed by atoms with Crippen molar-refractivity contribution >= 4 is 22.7 Å². The molecule has 0 saturated heterocycles. The molecule has 6 nitrogen and oxygen atoms in total. The van der Waals surface area contributed by atoms with Gasteiger partial charge in [0, 0.05) is 25.2 Å². The van der Waals surface area contributed by atoms with Crippen molar-refractivity contribution in [2.75, 3.05) is 12.4 Å². The Bertz CT molecular complexity index is 757. The van der Waals surface area contributed by atoms with Gasteiger partial charge in [-0.15, -0.1) is 0 Å². The van der Waals surface area contributed by atoms with E-state index < -0.39 is 0 Å². The largest absolute Gasteiger partial charge is 0.459 e. The number of amides is 2. The molecule has 0 atom stereocenters. The first-order valence-corrected chi connectivity index (χ1v) is 7.17. The van der Waals surface area contributed by atoms with Crippen molar-refractivity contribution in [2.24, 2.45) is 0 Å². The van der Waals surface area contributed by atoms with Crippen LogP contribution in [0.3, 0.4) is 0 Å². The van der Waals surface area contributed by atoms with Crippen LogP contribution in [0.1, 0.15) is 12.7 Å². The van der Waals surface area contributed by atoms with Crippen molar-refractivity contribution in [3.05, 3.63) is 48.5 Å². The first-order valence-electron chi connectivity index (χ1n) is 7.17. The smallest absolute Gasteiger partial charge is 0.322 e. The van der Waals surface area contributed by atoms with Crippen LogP contribution >= 0.6 is 0 Å². The molecule has 6 heteroatoms. The van der Waals surface area contributed by atoms with Gasteiger partial charge in [0.25, 0.3) is 0 Å². The van der Waals surface area contributed by atoms with E-state index in [1.165, 1.54) is 0 Å². The average Bonchev–Trinajstić information content (AvgIpc) is 3.12. The number of hydrogen-bond acceptors (Lipinski definition) is 3. The van der Waals surface area contributed by atoms with Crippen molar-refractivity contribution < 1.29 is 9.21 Å². The highest BCUT2D eigenvalue weighted by molar-refractivity contribution is 5.88. The zero-order valence-electron chi connectivity index (χ0n) is 12.6. The zero-order chi connectivity index (χ0) is 15.5. The summed E-state index contributed by atoms with van der Waals surface area (Å²) in [6, 6.07) is 9.55. The van der Waals surface area contributed by atoms with E-state index in [-0.39, 0.29) is 6.03 Å². The standard InChI is InChI=1S/C16H18N4O2/c1-3-20-10-13(9-17-20)18-16(21)19(2)11-14-8-12-6-4-5-7-15(12)22-14/h4-10H,3,11H2,1-2H3,(H,18,21). The minimum atomic E-state index is -0.198. The highest BCUT2D eigenvalue weighted by Crippen LogP contribution is 2.20. The number of urea groups is 1. The van der Waals surface area contributed by atoms with Gasteiger partial charge in [0.1, 0.15) is 11.3 Å². The Morgan fingerprint density at radius 1 is 1.41 bits per heavy atom. The van der Waals surface area contributed by atoms with Gasteiger partial charge >= 0.3 is 6.03 Å². The molecule has 3 rings (SSSR count). The molecule has 0 fully saturated rings. The molecule has 0 aliphatic heterocycles. The first-order chi connectivity index (χ1) is 10.7. The van der Waals surface area contributed by atoms with Gasteiger partial charge in [0.15, 0.2) is 0 Å². The first kappa shape index (κ1) is 14.2. The van der Waals surface area contributed by atoms with E-state index in [0.29, 0.717) is 12.2 Å². The van der Waals surface area contributed by atoms with E-state index in [9.17, 15) is 4.79 Å².